The Hall–Kier alpha value is -2.08. The maximum absolute atomic E-state index is 13.0. The molecule has 6 heteroatoms. The summed E-state index contributed by atoms with van der Waals surface area (Å²) in [5.41, 5.74) is 0.585. The van der Waals surface area contributed by atoms with Crippen molar-refractivity contribution in [1.82, 2.24) is 9.80 Å². The zero-order valence-electron chi connectivity index (χ0n) is 14.1. The molecule has 2 amide bonds. The Bertz CT molecular complexity index is 714. The molecule has 1 saturated carbocycles. The molecule has 0 unspecified atom stereocenters. The van der Waals surface area contributed by atoms with Crippen LogP contribution in [0.5, 0.6) is 0 Å². The molecule has 0 atom stereocenters. The molecule has 1 aliphatic carbocycles. The summed E-state index contributed by atoms with van der Waals surface area (Å²) in [6, 6.07) is 6.24. The lowest BCUT2D eigenvalue weighted by Gasteiger charge is -2.34. The highest BCUT2D eigenvalue weighted by Crippen LogP contribution is 2.32. The van der Waals surface area contributed by atoms with Gasteiger partial charge in [-0.25, -0.2) is 0 Å². The lowest BCUT2D eigenvalue weighted by Crippen LogP contribution is -2.44. The number of thiophene rings is 1. The highest BCUT2D eigenvalue weighted by molar-refractivity contribution is 7.09. The van der Waals surface area contributed by atoms with Crippen molar-refractivity contribution in [3.63, 3.8) is 0 Å². The first kappa shape index (κ1) is 16.4. The Labute approximate surface area is 151 Å². The van der Waals surface area contributed by atoms with Gasteiger partial charge in [-0.3, -0.25) is 9.59 Å². The summed E-state index contributed by atoms with van der Waals surface area (Å²) < 4.78 is 4.99. The van der Waals surface area contributed by atoms with Crippen molar-refractivity contribution in [2.24, 2.45) is 5.92 Å². The molecule has 5 nitrogen and oxygen atoms in total. The summed E-state index contributed by atoms with van der Waals surface area (Å²) in [6.07, 6.45) is 6.73. The highest BCUT2D eigenvalue weighted by Gasteiger charge is 2.37. The molecule has 25 heavy (non-hydrogen) atoms. The second kappa shape index (κ2) is 7.04. The van der Waals surface area contributed by atoms with Crippen LogP contribution in [0.15, 0.2) is 40.5 Å². The van der Waals surface area contributed by atoms with Crippen LogP contribution in [0.1, 0.15) is 40.9 Å². The van der Waals surface area contributed by atoms with E-state index in [-0.39, 0.29) is 17.7 Å². The lowest BCUT2D eigenvalue weighted by atomic mass is 9.94. The van der Waals surface area contributed by atoms with Crippen molar-refractivity contribution in [2.45, 2.75) is 38.3 Å². The van der Waals surface area contributed by atoms with Crippen molar-refractivity contribution in [2.75, 3.05) is 13.1 Å². The average Bonchev–Trinajstić information content (AvgIpc) is 3.13. The van der Waals surface area contributed by atoms with E-state index in [1.54, 1.807) is 17.4 Å². The summed E-state index contributed by atoms with van der Waals surface area (Å²) in [5.74, 6) is 0.303. The molecule has 0 N–H and O–H groups in total. The van der Waals surface area contributed by atoms with E-state index >= 15 is 0 Å². The topological polar surface area (TPSA) is 53.8 Å². The van der Waals surface area contributed by atoms with Gasteiger partial charge in [0.25, 0.3) is 5.91 Å². The van der Waals surface area contributed by atoms with E-state index in [4.69, 9.17) is 4.42 Å². The molecule has 0 bridgehead atoms. The standard InChI is InChI=1S/C19H22N2O3S/c22-18(15-7-10-24-13-15)20-8-5-14(6-9-20)19(23)21(16-3-4-16)12-17-2-1-11-25-17/h1-2,7,10-11,13-14,16H,3-6,8-9,12H2. The van der Waals surface area contributed by atoms with Gasteiger partial charge in [-0.1, -0.05) is 6.07 Å². The smallest absolute Gasteiger partial charge is 0.257 e. The molecule has 0 spiro atoms. The third kappa shape index (κ3) is 3.63. The first-order valence-corrected chi connectivity index (χ1v) is 9.74. The number of hydrogen-bond acceptors (Lipinski definition) is 4. The molecule has 0 radical (unpaired) electrons. The Morgan fingerprint density at radius 2 is 2.00 bits per heavy atom. The van der Waals surface area contributed by atoms with Crippen LogP contribution in [-0.4, -0.2) is 40.7 Å². The van der Waals surface area contributed by atoms with Gasteiger partial charge < -0.3 is 14.2 Å². The number of amides is 2. The van der Waals surface area contributed by atoms with Crippen molar-refractivity contribution >= 4 is 23.2 Å². The quantitative estimate of drug-likeness (QED) is 0.823. The van der Waals surface area contributed by atoms with Crippen LogP contribution in [0.3, 0.4) is 0 Å². The summed E-state index contributed by atoms with van der Waals surface area (Å²) >= 11 is 1.71. The summed E-state index contributed by atoms with van der Waals surface area (Å²) in [4.78, 5) is 30.5. The summed E-state index contributed by atoms with van der Waals surface area (Å²) in [5, 5.41) is 2.06. The van der Waals surface area contributed by atoms with Crippen LogP contribution in [0, 0.1) is 5.92 Å². The molecule has 4 rings (SSSR count). The fourth-order valence-electron chi connectivity index (χ4n) is 3.48. The van der Waals surface area contributed by atoms with Gasteiger partial charge in [0.2, 0.25) is 5.91 Å². The second-order valence-electron chi connectivity index (χ2n) is 6.86. The monoisotopic (exact) mass is 358 g/mol. The van der Waals surface area contributed by atoms with Crippen molar-refractivity contribution in [1.29, 1.82) is 0 Å². The van der Waals surface area contributed by atoms with Crippen molar-refractivity contribution in [3.05, 3.63) is 46.5 Å². The second-order valence-corrected chi connectivity index (χ2v) is 7.89. The van der Waals surface area contributed by atoms with E-state index in [1.807, 2.05) is 11.0 Å². The number of hydrogen-bond donors (Lipinski definition) is 0. The Morgan fingerprint density at radius 3 is 2.60 bits per heavy atom. The lowest BCUT2D eigenvalue weighted by molar-refractivity contribution is -0.138. The van der Waals surface area contributed by atoms with Gasteiger partial charge in [-0.15, -0.1) is 11.3 Å². The van der Waals surface area contributed by atoms with Gasteiger partial charge in [0, 0.05) is 29.9 Å². The van der Waals surface area contributed by atoms with E-state index in [0.29, 0.717) is 24.7 Å². The van der Waals surface area contributed by atoms with E-state index in [1.165, 1.54) is 17.4 Å². The third-order valence-electron chi connectivity index (χ3n) is 5.08. The van der Waals surface area contributed by atoms with Crippen LogP contribution in [0.2, 0.25) is 0 Å². The van der Waals surface area contributed by atoms with Crippen LogP contribution in [-0.2, 0) is 11.3 Å². The predicted molar refractivity (Wildman–Crippen MR) is 95.2 cm³/mol. The Kier molecular flexibility index (Phi) is 4.61. The SMILES string of the molecule is O=C(c1ccoc1)N1CCC(C(=O)N(Cc2cccs2)C2CC2)CC1. The van der Waals surface area contributed by atoms with Gasteiger partial charge in [-0.2, -0.15) is 0 Å². The minimum absolute atomic E-state index is 0.00252. The maximum atomic E-state index is 13.0. The summed E-state index contributed by atoms with van der Waals surface area (Å²) in [6.45, 7) is 2.01. The molecule has 1 aliphatic heterocycles. The number of likely N-dealkylation sites (tertiary alicyclic amines) is 1. The molecular formula is C19H22N2O3S. The largest absolute Gasteiger partial charge is 0.472 e. The van der Waals surface area contributed by atoms with Crippen molar-refractivity contribution < 1.29 is 14.0 Å². The predicted octanol–water partition coefficient (Wildman–Crippen LogP) is 3.38. The average molecular weight is 358 g/mol. The molecule has 132 valence electrons. The molecule has 2 aliphatic rings. The maximum Gasteiger partial charge on any atom is 0.257 e. The van der Waals surface area contributed by atoms with Crippen LogP contribution in [0.25, 0.3) is 0 Å². The van der Waals surface area contributed by atoms with Gasteiger partial charge in [0.1, 0.15) is 6.26 Å². The summed E-state index contributed by atoms with van der Waals surface area (Å²) in [7, 11) is 0. The highest BCUT2D eigenvalue weighted by atomic mass is 32.1. The molecule has 2 aromatic rings. The van der Waals surface area contributed by atoms with Gasteiger partial charge in [0.05, 0.1) is 18.4 Å². The molecule has 1 saturated heterocycles. The molecule has 0 aromatic carbocycles. The van der Waals surface area contributed by atoms with Crippen LogP contribution >= 0.6 is 11.3 Å². The number of carbonyl (C=O) groups is 2. The zero-order chi connectivity index (χ0) is 17.2. The molecule has 3 heterocycles. The minimum atomic E-state index is -0.00252. The molecular weight excluding hydrogens is 336 g/mol. The number of piperidine rings is 1. The van der Waals surface area contributed by atoms with Crippen molar-refractivity contribution in [3.8, 4) is 0 Å². The number of carbonyl (C=O) groups excluding carboxylic acids is 2. The molecule has 2 fully saturated rings. The minimum Gasteiger partial charge on any atom is -0.472 e. The Balaban J connectivity index is 1.36. The van der Waals surface area contributed by atoms with E-state index < -0.39 is 0 Å². The first-order chi connectivity index (χ1) is 12.2. The van der Waals surface area contributed by atoms with Crippen LogP contribution < -0.4 is 0 Å². The van der Waals surface area contributed by atoms with E-state index in [0.717, 1.165) is 32.2 Å². The van der Waals surface area contributed by atoms with E-state index in [2.05, 4.69) is 16.3 Å². The number of rotatable bonds is 5. The fourth-order valence-corrected chi connectivity index (χ4v) is 4.18. The third-order valence-corrected chi connectivity index (χ3v) is 5.94. The van der Waals surface area contributed by atoms with E-state index in [9.17, 15) is 9.59 Å². The number of furan rings is 1. The Morgan fingerprint density at radius 1 is 1.20 bits per heavy atom. The zero-order valence-corrected chi connectivity index (χ0v) is 14.9. The van der Waals surface area contributed by atoms with Gasteiger partial charge in [0.15, 0.2) is 0 Å². The first-order valence-electron chi connectivity index (χ1n) is 8.86. The van der Waals surface area contributed by atoms with Crippen LogP contribution in [0.4, 0.5) is 0 Å². The van der Waals surface area contributed by atoms with Gasteiger partial charge >= 0.3 is 0 Å². The van der Waals surface area contributed by atoms with Gasteiger partial charge in [-0.05, 0) is 43.2 Å². The fraction of sp³-hybridized carbons (Fsp3) is 0.474. The normalized spacial score (nSPS) is 18.3. The molecule has 2 aromatic heterocycles. The number of nitrogens with zero attached hydrogens (tertiary/aromatic N) is 2.